The Morgan fingerprint density at radius 2 is 1.76 bits per heavy atom. The molecule has 1 unspecified atom stereocenters. The number of aliphatic hydroxyl groups is 1. The van der Waals surface area contributed by atoms with Gasteiger partial charge in [0.15, 0.2) is 0 Å². The van der Waals surface area contributed by atoms with Crippen LogP contribution in [0.2, 0.25) is 0 Å². The summed E-state index contributed by atoms with van der Waals surface area (Å²) in [6.45, 7) is 11.2. The van der Waals surface area contributed by atoms with Crippen molar-refractivity contribution in [3.63, 3.8) is 0 Å². The highest BCUT2D eigenvalue weighted by Crippen LogP contribution is 2.05. The van der Waals surface area contributed by atoms with Gasteiger partial charge < -0.3 is 15.3 Å². The Balaban J connectivity index is 3.53. The molecule has 0 aromatic heterocycles. The number of nitrogens with one attached hydrogen (secondary N) is 1. The summed E-state index contributed by atoms with van der Waals surface area (Å²) in [7, 11) is 0. The van der Waals surface area contributed by atoms with Crippen molar-refractivity contribution in [2.75, 3.05) is 32.8 Å². The summed E-state index contributed by atoms with van der Waals surface area (Å²) in [4.78, 5) is 2.40. The van der Waals surface area contributed by atoms with Crippen molar-refractivity contribution in [3.8, 4) is 0 Å². The van der Waals surface area contributed by atoms with Crippen molar-refractivity contribution in [3.05, 3.63) is 0 Å². The Hall–Kier alpha value is -0.120. The number of rotatable bonds is 12. The minimum absolute atomic E-state index is 0.268. The van der Waals surface area contributed by atoms with Gasteiger partial charge in [0.2, 0.25) is 0 Å². The van der Waals surface area contributed by atoms with Crippen molar-refractivity contribution in [2.24, 2.45) is 0 Å². The van der Waals surface area contributed by atoms with Crippen LogP contribution in [0.5, 0.6) is 0 Å². The van der Waals surface area contributed by atoms with Crippen molar-refractivity contribution in [1.29, 1.82) is 0 Å². The topological polar surface area (TPSA) is 35.5 Å². The molecular weight excluding hydrogens is 212 g/mol. The third-order valence-corrected chi connectivity index (χ3v) is 3.38. The molecule has 0 saturated heterocycles. The van der Waals surface area contributed by atoms with Gasteiger partial charge in [0, 0.05) is 19.1 Å². The minimum Gasteiger partial charge on any atom is -0.395 e. The van der Waals surface area contributed by atoms with E-state index in [0.717, 1.165) is 32.6 Å². The second-order valence-corrected chi connectivity index (χ2v) is 4.71. The molecule has 0 fully saturated rings. The van der Waals surface area contributed by atoms with E-state index in [-0.39, 0.29) is 6.61 Å². The van der Waals surface area contributed by atoms with Crippen LogP contribution in [0.15, 0.2) is 0 Å². The van der Waals surface area contributed by atoms with E-state index in [1.54, 1.807) is 0 Å². The van der Waals surface area contributed by atoms with Crippen molar-refractivity contribution in [1.82, 2.24) is 10.2 Å². The SMILES string of the molecule is CCCCCCC(CO)NCCN(CC)CC. The largest absolute Gasteiger partial charge is 0.395 e. The van der Waals surface area contributed by atoms with E-state index >= 15 is 0 Å². The summed E-state index contributed by atoms with van der Waals surface area (Å²) in [5, 5.41) is 12.7. The lowest BCUT2D eigenvalue weighted by molar-refractivity contribution is 0.223. The van der Waals surface area contributed by atoms with Gasteiger partial charge in [-0.2, -0.15) is 0 Å². The standard InChI is InChI=1S/C14H32N2O/c1-4-7-8-9-10-14(13-17)15-11-12-16(5-2)6-3/h14-15,17H,4-13H2,1-3H3. The van der Waals surface area contributed by atoms with Gasteiger partial charge in [-0.25, -0.2) is 0 Å². The van der Waals surface area contributed by atoms with Gasteiger partial charge in [-0.1, -0.05) is 46.5 Å². The quantitative estimate of drug-likeness (QED) is 0.517. The number of aliphatic hydroxyl groups excluding tert-OH is 1. The molecule has 0 bridgehead atoms. The lowest BCUT2D eigenvalue weighted by Crippen LogP contribution is -2.39. The van der Waals surface area contributed by atoms with Gasteiger partial charge in [0.25, 0.3) is 0 Å². The molecule has 0 heterocycles. The molecule has 3 heteroatoms. The van der Waals surface area contributed by atoms with Gasteiger partial charge >= 0.3 is 0 Å². The molecule has 17 heavy (non-hydrogen) atoms. The first-order valence-corrected chi connectivity index (χ1v) is 7.34. The Kier molecular flexibility index (Phi) is 12.3. The van der Waals surface area contributed by atoms with E-state index in [0.29, 0.717) is 6.04 Å². The summed E-state index contributed by atoms with van der Waals surface area (Å²) in [5.41, 5.74) is 0. The molecule has 0 spiro atoms. The molecule has 0 radical (unpaired) electrons. The highest BCUT2D eigenvalue weighted by Gasteiger charge is 2.06. The van der Waals surface area contributed by atoms with Crippen LogP contribution in [-0.4, -0.2) is 48.8 Å². The molecule has 2 N–H and O–H groups in total. The maximum Gasteiger partial charge on any atom is 0.0584 e. The number of hydrogen-bond acceptors (Lipinski definition) is 3. The second kappa shape index (κ2) is 12.3. The molecule has 0 saturated carbocycles. The van der Waals surface area contributed by atoms with E-state index in [4.69, 9.17) is 0 Å². The van der Waals surface area contributed by atoms with Gasteiger partial charge in [0.05, 0.1) is 6.61 Å². The zero-order valence-electron chi connectivity index (χ0n) is 12.0. The first-order valence-electron chi connectivity index (χ1n) is 7.34. The molecular formula is C14H32N2O. The first-order chi connectivity index (χ1) is 8.28. The molecule has 0 aliphatic heterocycles. The number of hydrogen-bond donors (Lipinski definition) is 2. The Morgan fingerprint density at radius 3 is 2.29 bits per heavy atom. The highest BCUT2D eigenvalue weighted by molar-refractivity contribution is 4.67. The van der Waals surface area contributed by atoms with Gasteiger partial charge in [-0.3, -0.25) is 0 Å². The van der Waals surface area contributed by atoms with Crippen LogP contribution < -0.4 is 5.32 Å². The van der Waals surface area contributed by atoms with Crippen LogP contribution in [0.1, 0.15) is 52.9 Å². The molecule has 0 aliphatic rings. The monoisotopic (exact) mass is 244 g/mol. The smallest absolute Gasteiger partial charge is 0.0584 e. The van der Waals surface area contributed by atoms with Gasteiger partial charge in [-0.05, 0) is 19.5 Å². The van der Waals surface area contributed by atoms with Crippen LogP contribution in [0.4, 0.5) is 0 Å². The van der Waals surface area contributed by atoms with Crippen molar-refractivity contribution in [2.45, 2.75) is 58.9 Å². The number of unbranched alkanes of at least 4 members (excludes halogenated alkanes) is 3. The Morgan fingerprint density at radius 1 is 1.06 bits per heavy atom. The van der Waals surface area contributed by atoms with E-state index in [1.807, 2.05) is 0 Å². The van der Waals surface area contributed by atoms with E-state index < -0.39 is 0 Å². The predicted octanol–water partition coefficient (Wildman–Crippen LogP) is 2.25. The summed E-state index contributed by atoms with van der Waals surface area (Å²) < 4.78 is 0. The Labute approximate surface area is 108 Å². The maximum absolute atomic E-state index is 9.29. The highest BCUT2D eigenvalue weighted by atomic mass is 16.3. The van der Waals surface area contributed by atoms with Crippen molar-refractivity contribution < 1.29 is 5.11 Å². The fourth-order valence-corrected chi connectivity index (χ4v) is 2.04. The van der Waals surface area contributed by atoms with E-state index in [1.165, 1.54) is 25.7 Å². The maximum atomic E-state index is 9.29. The summed E-state index contributed by atoms with van der Waals surface area (Å²) in [5.74, 6) is 0. The fourth-order valence-electron chi connectivity index (χ4n) is 2.04. The third kappa shape index (κ3) is 9.57. The lowest BCUT2D eigenvalue weighted by Gasteiger charge is -2.21. The van der Waals surface area contributed by atoms with Crippen LogP contribution in [0.25, 0.3) is 0 Å². The molecule has 0 aromatic carbocycles. The third-order valence-electron chi connectivity index (χ3n) is 3.38. The van der Waals surface area contributed by atoms with Crippen LogP contribution in [-0.2, 0) is 0 Å². The molecule has 0 amide bonds. The van der Waals surface area contributed by atoms with E-state index in [9.17, 15) is 5.11 Å². The second-order valence-electron chi connectivity index (χ2n) is 4.71. The zero-order chi connectivity index (χ0) is 12.9. The Bertz CT molecular complexity index is 149. The van der Waals surface area contributed by atoms with E-state index in [2.05, 4.69) is 31.0 Å². The first kappa shape index (κ1) is 16.9. The summed E-state index contributed by atoms with van der Waals surface area (Å²) in [6, 6.07) is 0.294. The van der Waals surface area contributed by atoms with Gasteiger partial charge in [0.1, 0.15) is 0 Å². The van der Waals surface area contributed by atoms with Crippen LogP contribution in [0, 0.1) is 0 Å². The average Bonchev–Trinajstić information content (AvgIpc) is 2.37. The minimum atomic E-state index is 0.268. The number of likely N-dealkylation sites (N-methyl/N-ethyl adjacent to an activating group) is 1. The normalized spacial score (nSPS) is 13.2. The molecule has 0 aliphatic carbocycles. The molecule has 3 nitrogen and oxygen atoms in total. The lowest BCUT2D eigenvalue weighted by atomic mass is 10.1. The van der Waals surface area contributed by atoms with Crippen LogP contribution in [0.3, 0.4) is 0 Å². The molecule has 1 atom stereocenters. The predicted molar refractivity (Wildman–Crippen MR) is 75.4 cm³/mol. The molecule has 0 aromatic rings. The van der Waals surface area contributed by atoms with Crippen molar-refractivity contribution >= 4 is 0 Å². The zero-order valence-corrected chi connectivity index (χ0v) is 12.0. The van der Waals surface area contributed by atoms with Crippen LogP contribution >= 0.6 is 0 Å². The summed E-state index contributed by atoms with van der Waals surface area (Å²) in [6.07, 6.45) is 6.23. The molecule has 104 valence electrons. The average molecular weight is 244 g/mol. The van der Waals surface area contributed by atoms with Gasteiger partial charge in [-0.15, -0.1) is 0 Å². The summed E-state index contributed by atoms with van der Waals surface area (Å²) >= 11 is 0. The fraction of sp³-hybridized carbons (Fsp3) is 1.00. The number of nitrogens with zero attached hydrogens (tertiary/aromatic N) is 1. The molecule has 0 rings (SSSR count).